The first-order valence-electron chi connectivity index (χ1n) is 6.53. The average Bonchev–Trinajstić information content (AvgIpc) is 3.05. The quantitative estimate of drug-likeness (QED) is 0.890. The summed E-state index contributed by atoms with van der Waals surface area (Å²) in [6.07, 6.45) is 5.14. The van der Waals surface area contributed by atoms with Crippen LogP contribution in [0.1, 0.15) is 29.0 Å². The minimum Gasteiger partial charge on any atom is -0.478 e. The van der Waals surface area contributed by atoms with E-state index in [-0.39, 0.29) is 5.56 Å². The molecule has 0 saturated carbocycles. The van der Waals surface area contributed by atoms with E-state index in [4.69, 9.17) is 5.11 Å². The van der Waals surface area contributed by atoms with Crippen molar-refractivity contribution in [3.8, 4) is 0 Å². The Labute approximate surface area is 110 Å². The molecule has 1 N–H and O–H groups in total. The summed E-state index contributed by atoms with van der Waals surface area (Å²) in [5, 5.41) is 17.1. The van der Waals surface area contributed by atoms with E-state index in [1.54, 1.807) is 18.3 Å². The summed E-state index contributed by atoms with van der Waals surface area (Å²) in [6, 6.07) is 3.13. The van der Waals surface area contributed by atoms with E-state index in [2.05, 4.69) is 15.1 Å². The molecule has 0 bridgehead atoms. The van der Waals surface area contributed by atoms with Gasteiger partial charge in [-0.05, 0) is 38.1 Å². The predicted octanol–water partition coefficient (Wildman–Crippen LogP) is 1.07. The van der Waals surface area contributed by atoms with Crippen molar-refractivity contribution < 1.29 is 9.90 Å². The van der Waals surface area contributed by atoms with E-state index in [1.807, 2.05) is 4.40 Å². The molecule has 0 aliphatic carbocycles. The molecular weight excluding hydrogens is 244 g/mol. The number of aromatic carboxylic acids is 1. The third kappa shape index (κ3) is 2.44. The molecule has 1 saturated heterocycles. The van der Waals surface area contributed by atoms with Gasteiger partial charge in [-0.15, -0.1) is 10.2 Å². The van der Waals surface area contributed by atoms with E-state index >= 15 is 0 Å². The normalized spacial score (nSPS) is 16.2. The highest BCUT2D eigenvalue weighted by Gasteiger charge is 2.13. The van der Waals surface area contributed by atoms with Crippen molar-refractivity contribution >= 4 is 11.6 Å². The first-order chi connectivity index (χ1) is 9.24. The van der Waals surface area contributed by atoms with Crippen LogP contribution in [0, 0.1) is 0 Å². The fourth-order valence-electron chi connectivity index (χ4n) is 2.51. The van der Waals surface area contributed by atoms with Crippen molar-refractivity contribution in [2.75, 3.05) is 19.6 Å². The summed E-state index contributed by atoms with van der Waals surface area (Å²) in [4.78, 5) is 13.3. The number of carboxylic acid groups (broad SMARTS) is 1. The Morgan fingerprint density at radius 3 is 2.84 bits per heavy atom. The van der Waals surface area contributed by atoms with Crippen LogP contribution < -0.4 is 0 Å². The first kappa shape index (κ1) is 12.1. The summed E-state index contributed by atoms with van der Waals surface area (Å²) in [6.45, 7) is 3.32. The molecule has 0 spiro atoms. The molecular formula is C13H16N4O2. The number of hydrogen-bond donors (Lipinski definition) is 1. The van der Waals surface area contributed by atoms with Gasteiger partial charge in [0.25, 0.3) is 0 Å². The second kappa shape index (κ2) is 4.97. The molecule has 0 radical (unpaired) electrons. The van der Waals surface area contributed by atoms with Crippen LogP contribution in [0.4, 0.5) is 0 Å². The summed E-state index contributed by atoms with van der Waals surface area (Å²) < 4.78 is 1.86. The molecule has 0 aromatic carbocycles. The second-order valence-corrected chi connectivity index (χ2v) is 4.86. The first-order valence-corrected chi connectivity index (χ1v) is 6.53. The number of carboxylic acids is 1. The van der Waals surface area contributed by atoms with Crippen molar-refractivity contribution in [3.63, 3.8) is 0 Å². The molecule has 0 amide bonds. The predicted molar refractivity (Wildman–Crippen MR) is 69.3 cm³/mol. The molecule has 1 fully saturated rings. The molecule has 3 heterocycles. The Morgan fingerprint density at radius 2 is 2.11 bits per heavy atom. The van der Waals surface area contributed by atoms with Crippen LogP contribution in [0.3, 0.4) is 0 Å². The van der Waals surface area contributed by atoms with Gasteiger partial charge in [0.2, 0.25) is 0 Å². The fourth-order valence-corrected chi connectivity index (χ4v) is 2.51. The Bertz CT molecular complexity index is 602. The summed E-state index contributed by atoms with van der Waals surface area (Å²) in [5.41, 5.74) is 0.835. The van der Waals surface area contributed by atoms with Gasteiger partial charge in [-0.1, -0.05) is 0 Å². The fraction of sp³-hybridized carbons (Fsp3) is 0.462. The highest BCUT2D eigenvalue weighted by atomic mass is 16.4. The molecule has 6 heteroatoms. The van der Waals surface area contributed by atoms with Gasteiger partial charge >= 0.3 is 5.97 Å². The zero-order chi connectivity index (χ0) is 13.2. The number of nitrogens with zero attached hydrogens (tertiary/aromatic N) is 4. The highest BCUT2D eigenvalue weighted by Crippen LogP contribution is 2.11. The number of likely N-dealkylation sites (tertiary alicyclic amines) is 1. The van der Waals surface area contributed by atoms with Crippen molar-refractivity contribution in [1.82, 2.24) is 19.5 Å². The number of hydrogen-bond acceptors (Lipinski definition) is 4. The number of pyridine rings is 1. The third-order valence-corrected chi connectivity index (χ3v) is 3.58. The van der Waals surface area contributed by atoms with Gasteiger partial charge in [0.1, 0.15) is 5.82 Å². The molecule has 6 nitrogen and oxygen atoms in total. The van der Waals surface area contributed by atoms with Crippen molar-refractivity contribution in [2.24, 2.45) is 0 Å². The standard InChI is InChI=1S/C13H16N4O2/c18-13(19)10-3-8-17-11(14-15-12(17)9-10)4-7-16-5-1-2-6-16/h3,8-9H,1-2,4-7H2,(H,18,19). The lowest BCUT2D eigenvalue weighted by atomic mass is 10.2. The topological polar surface area (TPSA) is 70.7 Å². The molecule has 0 unspecified atom stereocenters. The zero-order valence-corrected chi connectivity index (χ0v) is 10.6. The Balaban J connectivity index is 1.78. The van der Waals surface area contributed by atoms with Gasteiger partial charge in [0.05, 0.1) is 5.56 Å². The van der Waals surface area contributed by atoms with E-state index in [0.29, 0.717) is 5.65 Å². The van der Waals surface area contributed by atoms with Crippen LogP contribution in [-0.4, -0.2) is 50.2 Å². The molecule has 2 aromatic rings. The van der Waals surface area contributed by atoms with Crippen molar-refractivity contribution in [3.05, 3.63) is 29.7 Å². The molecule has 1 aliphatic rings. The van der Waals surface area contributed by atoms with Crippen LogP contribution in [0.5, 0.6) is 0 Å². The third-order valence-electron chi connectivity index (χ3n) is 3.58. The maximum absolute atomic E-state index is 10.9. The molecule has 1 aliphatic heterocycles. The molecule has 3 rings (SSSR count). The molecule has 0 atom stereocenters. The Hall–Kier alpha value is -1.95. The number of aromatic nitrogens is 3. The van der Waals surface area contributed by atoms with E-state index in [0.717, 1.165) is 18.8 Å². The lowest BCUT2D eigenvalue weighted by Crippen LogP contribution is -2.22. The van der Waals surface area contributed by atoms with Gasteiger partial charge < -0.3 is 10.0 Å². The highest BCUT2D eigenvalue weighted by molar-refractivity contribution is 5.88. The molecule has 2 aromatic heterocycles. The zero-order valence-electron chi connectivity index (χ0n) is 10.6. The van der Waals surface area contributed by atoms with Crippen LogP contribution in [-0.2, 0) is 6.42 Å². The van der Waals surface area contributed by atoms with E-state index < -0.39 is 5.97 Å². The minimum absolute atomic E-state index is 0.242. The van der Waals surface area contributed by atoms with Gasteiger partial charge in [0.15, 0.2) is 5.65 Å². The van der Waals surface area contributed by atoms with Crippen LogP contribution >= 0.6 is 0 Å². The van der Waals surface area contributed by atoms with Crippen molar-refractivity contribution in [1.29, 1.82) is 0 Å². The van der Waals surface area contributed by atoms with Crippen LogP contribution in [0.15, 0.2) is 18.3 Å². The molecule has 19 heavy (non-hydrogen) atoms. The summed E-state index contributed by atoms with van der Waals surface area (Å²) in [5.74, 6) is -0.0528. The number of rotatable bonds is 4. The number of carbonyl (C=O) groups is 1. The largest absolute Gasteiger partial charge is 0.478 e. The lowest BCUT2D eigenvalue weighted by Gasteiger charge is -2.13. The Kier molecular flexibility index (Phi) is 3.16. The van der Waals surface area contributed by atoms with E-state index in [1.165, 1.54) is 25.9 Å². The lowest BCUT2D eigenvalue weighted by molar-refractivity contribution is 0.0697. The SMILES string of the molecule is O=C(O)c1ccn2c(CCN3CCCC3)nnc2c1. The average molecular weight is 260 g/mol. The van der Waals surface area contributed by atoms with Crippen LogP contribution in [0.25, 0.3) is 5.65 Å². The summed E-state index contributed by atoms with van der Waals surface area (Å²) in [7, 11) is 0. The summed E-state index contributed by atoms with van der Waals surface area (Å²) >= 11 is 0. The van der Waals surface area contributed by atoms with Crippen LogP contribution in [0.2, 0.25) is 0 Å². The number of fused-ring (bicyclic) bond motifs is 1. The smallest absolute Gasteiger partial charge is 0.335 e. The maximum atomic E-state index is 10.9. The molecule has 100 valence electrons. The Morgan fingerprint density at radius 1 is 1.32 bits per heavy atom. The van der Waals surface area contributed by atoms with Gasteiger partial charge in [-0.3, -0.25) is 4.40 Å². The monoisotopic (exact) mass is 260 g/mol. The van der Waals surface area contributed by atoms with E-state index in [9.17, 15) is 4.79 Å². The van der Waals surface area contributed by atoms with Gasteiger partial charge in [0, 0.05) is 19.2 Å². The second-order valence-electron chi connectivity index (χ2n) is 4.86. The maximum Gasteiger partial charge on any atom is 0.335 e. The van der Waals surface area contributed by atoms with Gasteiger partial charge in [-0.2, -0.15) is 0 Å². The van der Waals surface area contributed by atoms with Gasteiger partial charge in [-0.25, -0.2) is 4.79 Å². The van der Waals surface area contributed by atoms with Crippen molar-refractivity contribution in [2.45, 2.75) is 19.3 Å². The minimum atomic E-state index is -0.941.